The van der Waals surface area contributed by atoms with E-state index in [0.717, 1.165) is 5.75 Å². The number of Topliss-reactive ketones (excluding diaryl/α,β-unsaturated/α-hetero) is 1. The van der Waals surface area contributed by atoms with Crippen LogP contribution < -0.4 is 9.47 Å². The second kappa shape index (κ2) is 6.16. The monoisotopic (exact) mass is 222 g/mol. The largest absolute Gasteiger partial charge is 0.494 e. The van der Waals surface area contributed by atoms with E-state index in [-0.39, 0.29) is 18.3 Å². The van der Waals surface area contributed by atoms with Crippen LogP contribution in [0.2, 0.25) is 0 Å². The minimum absolute atomic E-state index is 0.0164. The molecule has 88 valence electrons. The first kappa shape index (κ1) is 12.6. The lowest BCUT2D eigenvalue weighted by Gasteiger charge is -2.08. The molecule has 0 saturated carbocycles. The summed E-state index contributed by atoms with van der Waals surface area (Å²) in [6, 6.07) is 7.27. The lowest BCUT2D eigenvalue weighted by atomic mass is 10.1. The van der Waals surface area contributed by atoms with Crippen molar-refractivity contribution in [3.8, 4) is 11.5 Å². The third-order valence-corrected chi connectivity index (χ3v) is 2.16. The first-order valence-electron chi connectivity index (χ1n) is 5.52. The number of ether oxygens (including phenoxy) is 2. The zero-order valence-electron chi connectivity index (χ0n) is 10.0. The van der Waals surface area contributed by atoms with E-state index in [4.69, 9.17) is 9.47 Å². The van der Waals surface area contributed by atoms with Crippen molar-refractivity contribution < 1.29 is 14.3 Å². The average molecular weight is 222 g/mol. The van der Waals surface area contributed by atoms with Gasteiger partial charge in [0.15, 0.2) is 5.78 Å². The Bertz CT molecular complexity index is 328. The van der Waals surface area contributed by atoms with Gasteiger partial charge in [-0.05, 0) is 31.2 Å². The maximum Gasteiger partial charge on any atom is 0.172 e. The SMILES string of the molecule is CCOc1ccc(OCC(=O)C(C)C)cc1. The van der Waals surface area contributed by atoms with Gasteiger partial charge in [-0.2, -0.15) is 0 Å². The molecule has 1 aromatic rings. The fourth-order valence-corrected chi connectivity index (χ4v) is 1.12. The van der Waals surface area contributed by atoms with E-state index in [1.807, 2.05) is 32.9 Å². The minimum atomic E-state index is 0.0164. The summed E-state index contributed by atoms with van der Waals surface area (Å²) < 4.78 is 10.7. The molecule has 0 heterocycles. The molecule has 0 unspecified atom stereocenters. The van der Waals surface area contributed by atoms with Crippen molar-refractivity contribution in [2.75, 3.05) is 13.2 Å². The summed E-state index contributed by atoms with van der Waals surface area (Å²) in [5.41, 5.74) is 0. The Morgan fingerprint density at radius 3 is 2.06 bits per heavy atom. The van der Waals surface area contributed by atoms with Gasteiger partial charge >= 0.3 is 0 Å². The highest BCUT2D eigenvalue weighted by Gasteiger charge is 2.07. The van der Waals surface area contributed by atoms with E-state index in [1.165, 1.54) is 0 Å². The molecule has 0 aromatic heterocycles. The molecule has 0 radical (unpaired) electrons. The van der Waals surface area contributed by atoms with E-state index in [1.54, 1.807) is 12.1 Å². The number of ketones is 1. The van der Waals surface area contributed by atoms with Crippen LogP contribution in [0.5, 0.6) is 11.5 Å². The first-order chi connectivity index (χ1) is 7.63. The van der Waals surface area contributed by atoms with Crippen LogP contribution in [-0.4, -0.2) is 19.0 Å². The fourth-order valence-electron chi connectivity index (χ4n) is 1.12. The number of benzene rings is 1. The summed E-state index contributed by atoms with van der Waals surface area (Å²) in [7, 11) is 0. The summed E-state index contributed by atoms with van der Waals surface area (Å²) in [6.07, 6.45) is 0. The van der Waals surface area contributed by atoms with Gasteiger partial charge in [0.05, 0.1) is 6.61 Å². The predicted octanol–water partition coefficient (Wildman–Crippen LogP) is 2.69. The van der Waals surface area contributed by atoms with E-state index in [2.05, 4.69) is 0 Å². The molecule has 16 heavy (non-hydrogen) atoms. The normalized spacial score (nSPS) is 10.2. The zero-order valence-corrected chi connectivity index (χ0v) is 10.0. The van der Waals surface area contributed by atoms with E-state index in [0.29, 0.717) is 12.4 Å². The Kier molecular flexibility index (Phi) is 4.83. The van der Waals surface area contributed by atoms with Gasteiger partial charge in [-0.3, -0.25) is 4.79 Å². The molecule has 0 amide bonds. The van der Waals surface area contributed by atoms with Gasteiger partial charge in [0.2, 0.25) is 0 Å². The van der Waals surface area contributed by atoms with Crippen molar-refractivity contribution in [3.05, 3.63) is 24.3 Å². The Morgan fingerprint density at radius 2 is 1.62 bits per heavy atom. The van der Waals surface area contributed by atoms with Gasteiger partial charge < -0.3 is 9.47 Å². The molecule has 0 aliphatic heterocycles. The molecular weight excluding hydrogens is 204 g/mol. The van der Waals surface area contributed by atoms with Crippen molar-refractivity contribution in [2.24, 2.45) is 5.92 Å². The second-order valence-corrected chi connectivity index (χ2v) is 3.81. The third-order valence-electron chi connectivity index (χ3n) is 2.16. The highest BCUT2D eigenvalue weighted by Crippen LogP contribution is 2.17. The summed E-state index contributed by atoms with van der Waals surface area (Å²) in [4.78, 5) is 11.3. The molecule has 0 spiro atoms. The zero-order chi connectivity index (χ0) is 12.0. The van der Waals surface area contributed by atoms with E-state index >= 15 is 0 Å². The van der Waals surface area contributed by atoms with Gasteiger partial charge in [-0.15, -0.1) is 0 Å². The number of carbonyl (C=O) groups excluding carboxylic acids is 1. The Hall–Kier alpha value is -1.51. The number of carbonyl (C=O) groups is 1. The van der Waals surface area contributed by atoms with Crippen LogP contribution in [-0.2, 0) is 4.79 Å². The lowest BCUT2D eigenvalue weighted by Crippen LogP contribution is -2.16. The van der Waals surface area contributed by atoms with E-state index in [9.17, 15) is 4.79 Å². The second-order valence-electron chi connectivity index (χ2n) is 3.81. The van der Waals surface area contributed by atoms with Crippen LogP contribution in [0.4, 0.5) is 0 Å². The van der Waals surface area contributed by atoms with Crippen molar-refractivity contribution in [3.63, 3.8) is 0 Å². The molecule has 3 heteroatoms. The maximum absolute atomic E-state index is 11.3. The molecular formula is C13H18O3. The van der Waals surface area contributed by atoms with E-state index < -0.39 is 0 Å². The first-order valence-corrected chi connectivity index (χ1v) is 5.52. The molecule has 0 saturated heterocycles. The van der Waals surface area contributed by atoms with Crippen LogP contribution in [0.25, 0.3) is 0 Å². The highest BCUT2D eigenvalue weighted by molar-refractivity contribution is 5.81. The third kappa shape index (κ3) is 3.93. The number of hydrogen-bond acceptors (Lipinski definition) is 3. The van der Waals surface area contributed by atoms with Crippen LogP contribution in [0.3, 0.4) is 0 Å². The van der Waals surface area contributed by atoms with Crippen molar-refractivity contribution in [1.29, 1.82) is 0 Å². The van der Waals surface area contributed by atoms with Crippen molar-refractivity contribution in [2.45, 2.75) is 20.8 Å². The molecule has 0 bridgehead atoms. The van der Waals surface area contributed by atoms with Gasteiger partial charge in [0.1, 0.15) is 18.1 Å². The summed E-state index contributed by atoms with van der Waals surface area (Å²) >= 11 is 0. The van der Waals surface area contributed by atoms with Crippen molar-refractivity contribution >= 4 is 5.78 Å². The lowest BCUT2D eigenvalue weighted by molar-refractivity contribution is -0.123. The molecule has 0 aliphatic carbocycles. The number of rotatable bonds is 6. The maximum atomic E-state index is 11.3. The molecule has 0 N–H and O–H groups in total. The van der Waals surface area contributed by atoms with Crippen LogP contribution in [0, 0.1) is 5.92 Å². The smallest absolute Gasteiger partial charge is 0.172 e. The summed E-state index contributed by atoms with van der Waals surface area (Å²) in [5, 5.41) is 0. The quantitative estimate of drug-likeness (QED) is 0.742. The topological polar surface area (TPSA) is 35.5 Å². The average Bonchev–Trinajstić information content (AvgIpc) is 2.28. The van der Waals surface area contributed by atoms with Gasteiger partial charge in [-0.1, -0.05) is 13.8 Å². The molecule has 3 nitrogen and oxygen atoms in total. The molecule has 0 aliphatic rings. The van der Waals surface area contributed by atoms with Crippen LogP contribution >= 0.6 is 0 Å². The minimum Gasteiger partial charge on any atom is -0.494 e. The Balaban J connectivity index is 2.46. The van der Waals surface area contributed by atoms with Gasteiger partial charge in [0.25, 0.3) is 0 Å². The highest BCUT2D eigenvalue weighted by atomic mass is 16.5. The molecule has 0 atom stereocenters. The number of hydrogen-bond donors (Lipinski definition) is 0. The van der Waals surface area contributed by atoms with Crippen molar-refractivity contribution in [1.82, 2.24) is 0 Å². The predicted molar refractivity (Wildman–Crippen MR) is 63.0 cm³/mol. The molecule has 0 fully saturated rings. The fraction of sp³-hybridized carbons (Fsp3) is 0.462. The molecule has 1 aromatic carbocycles. The van der Waals surface area contributed by atoms with Gasteiger partial charge in [0, 0.05) is 5.92 Å². The Labute approximate surface area is 96.4 Å². The summed E-state index contributed by atoms with van der Waals surface area (Å²) in [6.45, 7) is 6.44. The standard InChI is InChI=1S/C13H18O3/c1-4-15-11-5-7-12(8-6-11)16-9-13(14)10(2)3/h5-8,10H,4,9H2,1-3H3. The Morgan fingerprint density at radius 1 is 1.12 bits per heavy atom. The molecule has 1 rings (SSSR count). The summed E-state index contributed by atoms with van der Waals surface area (Å²) in [5.74, 6) is 1.62. The van der Waals surface area contributed by atoms with Crippen LogP contribution in [0.1, 0.15) is 20.8 Å². The van der Waals surface area contributed by atoms with Gasteiger partial charge in [-0.25, -0.2) is 0 Å². The van der Waals surface area contributed by atoms with Crippen LogP contribution in [0.15, 0.2) is 24.3 Å².